The number of anilines is 2. The summed E-state index contributed by atoms with van der Waals surface area (Å²) < 4.78 is 0.510. The Morgan fingerprint density at radius 2 is 1.88 bits per heavy atom. The van der Waals surface area contributed by atoms with Crippen molar-refractivity contribution < 1.29 is 9.59 Å². The average molecular weight is 646 g/mol. The number of aromatic nitrogens is 2. The van der Waals surface area contributed by atoms with E-state index in [0.717, 1.165) is 11.3 Å². The monoisotopic (exact) mass is 644 g/mol. The van der Waals surface area contributed by atoms with E-state index in [4.69, 9.17) is 40.5 Å². The van der Waals surface area contributed by atoms with E-state index in [1.807, 2.05) is 44.2 Å². The third-order valence-corrected chi connectivity index (χ3v) is 9.79. The lowest BCUT2D eigenvalue weighted by atomic mass is 9.69. The lowest BCUT2D eigenvalue weighted by Gasteiger charge is -2.42. The Balaban J connectivity index is 1.44. The van der Waals surface area contributed by atoms with Gasteiger partial charge in [-0.05, 0) is 29.5 Å². The molecule has 8 nitrogen and oxygen atoms in total. The van der Waals surface area contributed by atoms with E-state index < -0.39 is 5.92 Å². The summed E-state index contributed by atoms with van der Waals surface area (Å²) in [5.41, 5.74) is 9.08. The molecule has 2 heterocycles. The van der Waals surface area contributed by atoms with Gasteiger partial charge in [-0.25, -0.2) is 0 Å². The maximum atomic E-state index is 13.6. The highest BCUT2D eigenvalue weighted by molar-refractivity contribution is 8.01. The Labute approximate surface area is 260 Å². The van der Waals surface area contributed by atoms with E-state index in [0.29, 0.717) is 33.6 Å². The Bertz CT molecular complexity index is 1660. The van der Waals surface area contributed by atoms with Gasteiger partial charge in [0, 0.05) is 17.7 Å². The highest BCUT2D eigenvalue weighted by atomic mass is 35.5. The Morgan fingerprint density at radius 1 is 1.17 bits per heavy atom. The van der Waals surface area contributed by atoms with Crippen molar-refractivity contribution in [2.24, 2.45) is 11.1 Å². The minimum Gasteiger partial charge on any atom is -0.384 e. The number of allylic oxidation sites excluding steroid dienone is 3. The van der Waals surface area contributed by atoms with Crippen molar-refractivity contribution in [3.05, 3.63) is 85.8 Å². The molecule has 1 unspecified atom stereocenters. The van der Waals surface area contributed by atoms with Crippen LogP contribution in [-0.2, 0) is 9.59 Å². The average Bonchev–Trinajstić information content (AvgIpc) is 3.38. The molecule has 2 aliphatic rings. The smallest absolute Gasteiger partial charge is 0.234 e. The Hall–Kier alpha value is -3.07. The minimum atomic E-state index is -0.560. The zero-order chi connectivity index (χ0) is 29.5. The Morgan fingerprint density at radius 3 is 2.59 bits per heavy atom. The molecule has 0 saturated heterocycles. The van der Waals surface area contributed by atoms with Crippen molar-refractivity contribution in [2.45, 2.75) is 36.9 Å². The van der Waals surface area contributed by atoms with E-state index in [1.165, 1.54) is 35.2 Å². The van der Waals surface area contributed by atoms with E-state index >= 15 is 0 Å². The maximum absolute atomic E-state index is 13.6. The fraction of sp³-hybridized carbons (Fsp3) is 0.250. The van der Waals surface area contributed by atoms with E-state index in [2.05, 4.69) is 21.6 Å². The van der Waals surface area contributed by atoms with Crippen molar-refractivity contribution in [3.63, 3.8) is 0 Å². The van der Waals surface area contributed by atoms with Gasteiger partial charge in [-0.2, -0.15) is 5.26 Å². The van der Waals surface area contributed by atoms with Gasteiger partial charge in [0.15, 0.2) is 10.1 Å². The fourth-order valence-electron chi connectivity index (χ4n) is 4.99. The largest absolute Gasteiger partial charge is 0.384 e. The van der Waals surface area contributed by atoms with Gasteiger partial charge < -0.3 is 11.1 Å². The number of halogens is 3. The second kappa shape index (κ2) is 11.7. The summed E-state index contributed by atoms with van der Waals surface area (Å²) in [6, 6.07) is 14.6. The summed E-state index contributed by atoms with van der Waals surface area (Å²) in [4.78, 5) is 27.9. The van der Waals surface area contributed by atoms with Crippen LogP contribution in [0, 0.1) is 16.7 Å². The van der Waals surface area contributed by atoms with Gasteiger partial charge in [0.25, 0.3) is 0 Å². The van der Waals surface area contributed by atoms with E-state index in [-0.39, 0.29) is 49.3 Å². The molecule has 2 aromatic carbocycles. The quantitative estimate of drug-likeness (QED) is 0.214. The summed E-state index contributed by atoms with van der Waals surface area (Å²) in [5, 5.41) is 22.7. The number of nitriles is 1. The van der Waals surface area contributed by atoms with Crippen LogP contribution in [-0.4, -0.2) is 27.6 Å². The molecular formula is C28H23Cl3N6O2S2. The number of hydrogen-bond donors (Lipinski definition) is 2. The molecule has 41 heavy (non-hydrogen) atoms. The van der Waals surface area contributed by atoms with Crippen molar-refractivity contribution in [1.82, 2.24) is 10.2 Å². The number of benzene rings is 2. The predicted molar refractivity (Wildman–Crippen MR) is 164 cm³/mol. The van der Waals surface area contributed by atoms with Crippen LogP contribution in [0.5, 0.6) is 0 Å². The number of Topliss-reactive ketones (excluding diaryl/α,β-unsaturated/α-hetero) is 1. The summed E-state index contributed by atoms with van der Waals surface area (Å²) in [6.45, 7) is 4.06. The molecule has 5 rings (SSSR count). The second-order valence-electron chi connectivity index (χ2n) is 10.3. The molecular weight excluding hydrogens is 623 g/mol. The molecule has 0 fully saturated rings. The van der Waals surface area contributed by atoms with Crippen molar-refractivity contribution in [3.8, 4) is 6.07 Å². The second-order valence-corrected chi connectivity index (χ2v) is 13.7. The summed E-state index contributed by atoms with van der Waals surface area (Å²) in [5.74, 6) is -0.672. The van der Waals surface area contributed by atoms with Crippen LogP contribution >= 0.6 is 57.9 Å². The number of rotatable bonds is 6. The number of nitrogens with zero attached hydrogens (tertiary/aromatic N) is 4. The molecule has 1 atom stereocenters. The van der Waals surface area contributed by atoms with Gasteiger partial charge in [-0.15, -0.1) is 10.2 Å². The lowest BCUT2D eigenvalue weighted by Crippen LogP contribution is -2.42. The first-order valence-corrected chi connectivity index (χ1v) is 15.3. The maximum Gasteiger partial charge on any atom is 0.234 e. The van der Waals surface area contributed by atoms with Gasteiger partial charge in [-0.3, -0.25) is 14.5 Å². The third kappa shape index (κ3) is 5.96. The standard InChI is InChI=1S/C28H23Cl3N6O2S2/c1-28(2)10-20-24(21(38)11-28)23(14-6-4-3-5-7-14)15(12-32)25(33)37(20)26-35-36-27(41-26)40-13-22(39)34-19-9-17(30)16(29)8-18(19)31/h3-9,23H,10-11,13,33H2,1-2H3,(H,34,39). The SMILES string of the molecule is CC1(C)CC(=O)C2=C(C1)N(c1nnc(SCC(=O)Nc3cc(Cl)c(Cl)cc3Cl)s1)C(N)=C(C#N)C2c1ccccc1. The molecule has 1 aliphatic heterocycles. The lowest BCUT2D eigenvalue weighted by molar-refractivity contribution is -0.118. The topological polar surface area (TPSA) is 125 Å². The summed E-state index contributed by atoms with van der Waals surface area (Å²) in [7, 11) is 0. The summed E-state index contributed by atoms with van der Waals surface area (Å²) >= 11 is 20.6. The molecule has 0 saturated carbocycles. The van der Waals surface area contributed by atoms with Crippen LogP contribution in [0.1, 0.15) is 38.2 Å². The minimum absolute atomic E-state index is 0.0212. The van der Waals surface area contributed by atoms with Crippen molar-refractivity contribution in [1.29, 1.82) is 5.26 Å². The molecule has 1 aromatic heterocycles. The molecule has 0 radical (unpaired) electrons. The normalized spacial score (nSPS) is 18.3. The van der Waals surface area contributed by atoms with Crippen LogP contribution in [0.3, 0.4) is 0 Å². The first kappa shape index (κ1) is 29.4. The molecule has 1 aliphatic carbocycles. The van der Waals surface area contributed by atoms with Crippen LogP contribution < -0.4 is 16.0 Å². The van der Waals surface area contributed by atoms with Gasteiger partial charge in [-0.1, -0.05) is 102 Å². The number of amides is 1. The van der Waals surface area contributed by atoms with Crippen LogP contribution in [0.2, 0.25) is 15.1 Å². The number of carbonyl (C=O) groups is 2. The van der Waals surface area contributed by atoms with Crippen LogP contribution in [0.25, 0.3) is 0 Å². The first-order valence-electron chi connectivity index (χ1n) is 12.4. The molecule has 0 bridgehead atoms. The molecule has 3 aromatic rings. The predicted octanol–water partition coefficient (Wildman–Crippen LogP) is 7.17. The zero-order valence-electron chi connectivity index (χ0n) is 21.9. The highest BCUT2D eigenvalue weighted by Crippen LogP contribution is 2.50. The fourth-order valence-corrected chi connectivity index (χ4v) is 7.26. The van der Waals surface area contributed by atoms with Crippen molar-refractivity contribution >= 4 is 80.4 Å². The van der Waals surface area contributed by atoms with Gasteiger partial charge in [0.05, 0.1) is 44.1 Å². The number of nitrogens with two attached hydrogens (primary N) is 1. The van der Waals surface area contributed by atoms with E-state index in [1.54, 1.807) is 4.90 Å². The highest BCUT2D eigenvalue weighted by Gasteiger charge is 2.45. The number of nitrogens with one attached hydrogen (secondary N) is 1. The number of hydrogen-bond acceptors (Lipinski definition) is 9. The van der Waals surface area contributed by atoms with Crippen molar-refractivity contribution in [2.75, 3.05) is 16.0 Å². The number of ketones is 1. The Kier molecular flexibility index (Phi) is 8.37. The number of carbonyl (C=O) groups excluding carboxylic acids is 2. The number of thioether (sulfide) groups is 1. The van der Waals surface area contributed by atoms with Gasteiger partial charge in [0.2, 0.25) is 11.0 Å². The zero-order valence-corrected chi connectivity index (χ0v) is 25.8. The molecule has 1 amide bonds. The first-order chi connectivity index (χ1) is 19.5. The summed E-state index contributed by atoms with van der Waals surface area (Å²) in [6.07, 6.45) is 0.919. The van der Waals surface area contributed by atoms with Gasteiger partial charge in [0.1, 0.15) is 5.82 Å². The van der Waals surface area contributed by atoms with Gasteiger partial charge >= 0.3 is 0 Å². The van der Waals surface area contributed by atoms with E-state index in [9.17, 15) is 14.9 Å². The van der Waals surface area contributed by atoms with Crippen LogP contribution in [0.15, 0.2) is 69.5 Å². The van der Waals surface area contributed by atoms with Crippen LogP contribution in [0.4, 0.5) is 10.8 Å². The molecule has 13 heteroatoms. The molecule has 210 valence electrons. The molecule has 3 N–H and O–H groups in total. The molecule has 0 spiro atoms. The third-order valence-electron chi connectivity index (χ3n) is 6.71.